The van der Waals surface area contributed by atoms with Crippen molar-refractivity contribution < 1.29 is 14.3 Å². The van der Waals surface area contributed by atoms with Gasteiger partial charge in [0.05, 0.1) is 18.4 Å². The van der Waals surface area contributed by atoms with Crippen LogP contribution in [0.5, 0.6) is 0 Å². The number of nitrogens with one attached hydrogen (secondary N) is 1. The second-order valence-corrected chi connectivity index (χ2v) is 8.36. The summed E-state index contributed by atoms with van der Waals surface area (Å²) in [5.41, 5.74) is 1.33. The number of rotatable bonds is 6. The number of hydrogen-bond acceptors (Lipinski definition) is 9. The molecule has 0 saturated carbocycles. The number of aliphatic hydroxyl groups is 1. The van der Waals surface area contributed by atoms with Gasteiger partial charge in [-0.2, -0.15) is 0 Å². The third-order valence-corrected chi connectivity index (χ3v) is 6.29. The first-order valence-corrected chi connectivity index (χ1v) is 10.9. The van der Waals surface area contributed by atoms with E-state index in [4.69, 9.17) is 9.40 Å². The van der Waals surface area contributed by atoms with Crippen molar-refractivity contribution in [3.63, 3.8) is 0 Å². The molecule has 0 bridgehead atoms. The summed E-state index contributed by atoms with van der Waals surface area (Å²) in [6.07, 6.45) is 5.13. The minimum Gasteiger partial charge on any atom is -0.447 e. The number of hydrogen-bond donors (Lipinski definition) is 2. The summed E-state index contributed by atoms with van der Waals surface area (Å²) in [5, 5.41) is 16.7. The van der Waals surface area contributed by atoms with Crippen LogP contribution >= 0.6 is 11.3 Å². The van der Waals surface area contributed by atoms with Gasteiger partial charge in [0.15, 0.2) is 5.60 Å². The molecule has 9 nitrogen and oxygen atoms in total. The molecule has 32 heavy (non-hydrogen) atoms. The van der Waals surface area contributed by atoms with Gasteiger partial charge >= 0.3 is 0 Å². The van der Waals surface area contributed by atoms with E-state index in [-0.39, 0.29) is 5.91 Å². The highest BCUT2D eigenvalue weighted by atomic mass is 32.1. The molecule has 4 heterocycles. The Hall–Kier alpha value is -3.63. The monoisotopic (exact) mass is 448 g/mol. The number of likely N-dealkylation sites (N-methyl/N-ethyl adjacent to an activating group) is 1. The Morgan fingerprint density at radius 1 is 1.22 bits per heavy atom. The van der Waals surface area contributed by atoms with E-state index in [1.165, 1.54) is 17.6 Å². The fourth-order valence-corrected chi connectivity index (χ4v) is 4.45. The average Bonchev–Trinajstić information content (AvgIpc) is 3.57. The van der Waals surface area contributed by atoms with Crippen LogP contribution in [0.4, 0.5) is 5.95 Å². The lowest BCUT2D eigenvalue weighted by Crippen LogP contribution is -2.36. The van der Waals surface area contributed by atoms with Gasteiger partial charge in [-0.1, -0.05) is 18.2 Å². The number of carbonyl (C=O) groups excluding carboxylic acids is 1. The van der Waals surface area contributed by atoms with Crippen molar-refractivity contribution in [1.29, 1.82) is 0 Å². The van der Waals surface area contributed by atoms with Crippen LogP contribution < -0.4 is 5.32 Å². The maximum atomic E-state index is 12.5. The zero-order chi connectivity index (χ0) is 22.1. The summed E-state index contributed by atoms with van der Waals surface area (Å²) in [5.74, 6) is 0.715. The molecule has 1 amide bonds. The number of oxazole rings is 1. The fraction of sp³-hybridized carbons (Fsp3) is 0.227. The Morgan fingerprint density at radius 2 is 2.12 bits per heavy atom. The van der Waals surface area contributed by atoms with Crippen LogP contribution in [0.1, 0.15) is 17.9 Å². The first kappa shape index (κ1) is 20.3. The van der Waals surface area contributed by atoms with Crippen LogP contribution in [0.15, 0.2) is 58.8 Å². The van der Waals surface area contributed by atoms with E-state index in [0.29, 0.717) is 48.3 Å². The number of nitrogens with zero attached hydrogens (tertiary/aromatic N) is 5. The SMILES string of the molecule is CN1CC[C@@](O)(c2cccc(-c3nc(-c4ccnc(NCc5ncco5)n4)cs3)c2)C1=O. The molecule has 4 aromatic rings. The topological polar surface area (TPSA) is 117 Å². The molecule has 1 aromatic carbocycles. The third kappa shape index (κ3) is 3.74. The highest BCUT2D eigenvalue weighted by Gasteiger charge is 2.45. The van der Waals surface area contributed by atoms with Gasteiger partial charge in [-0.3, -0.25) is 4.79 Å². The van der Waals surface area contributed by atoms with Gasteiger partial charge < -0.3 is 19.7 Å². The predicted octanol–water partition coefficient (Wildman–Crippen LogP) is 2.92. The Labute approximate surface area is 187 Å². The van der Waals surface area contributed by atoms with E-state index in [9.17, 15) is 9.90 Å². The minimum absolute atomic E-state index is 0.278. The van der Waals surface area contributed by atoms with Crippen molar-refractivity contribution in [1.82, 2.24) is 24.8 Å². The summed E-state index contributed by atoms with van der Waals surface area (Å²) >= 11 is 1.47. The zero-order valence-corrected chi connectivity index (χ0v) is 18.0. The number of anilines is 1. The Bertz CT molecular complexity index is 1260. The quantitative estimate of drug-likeness (QED) is 0.462. The third-order valence-electron chi connectivity index (χ3n) is 5.40. The van der Waals surface area contributed by atoms with Crippen molar-refractivity contribution in [2.45, 2.75) is 18.6 Å². The largest absolute Gasteiger partial charge is 0.447 e. The van der Waals surface area contributed by atoms with Gasteiger partial charge in [0, 0.05) is 37.2 Å². The van der Waals surface area contributed by atoms with Gasteiger partial charge in [0.1, 0.15) is 17.0 Å². The highest BCUT2D eigenvalue weighted by molar-refractivity contribution is 7.13. The standard InChI is InChI=1S/C22H20N6O3S/c1-28-9-6-22(30,20(28)29)15-4-2-3-14(11-15)19-26-17(13-32-19)16-5-7-24-21(27-16)25-12-18-23-8-10-31-18/h2-5,7-8,10-11,13,30H,6,9,12H2,1H3,(H,24,25,27)/t22-/m1/s1. The Morgan fingerprint density at radius 3 is 2.91 bits per heavy atom. The van der Waals surface area contributed by atoms with Gasteiger partial charge in [-0.15, -0.1) is 11.3 Å². The fourth-order valence-electron chi connectivity index (χ4n) is 3.64. The van der Waals surface area contributed by atoms with E-state index in [1.54, 1.807) is 36.5 Å². The summed E-state index contributed by atoms with van der Waals surface area (Å²) in [4.78, 5) is 31.5. The van der Waals surface area contributed by atoms with E-state index >= 15 is 0 Å². The minimum atomic E-state index is -1.49. The van der Waals surface area contributed by atoms with Crippen molar-refractivity contribution in [3.05, 3.63) is 65.8 Å². The molecule has 1 saturated heterocycles. The number of carbonyl (C=O) groups is 1. The number of amides is 1. The zero-order valence-electron chi connectivity index (χ0n) is 17.2. The summed E-state index contributed by atoms with van der Waals surface area (Å²) in [6.45, 7) is 0.906. The van der Waals surface area contributed by atoms with Crippen LogP contribution in [0, 0.1) is 0 Å². The molecule has 0 unspecified atom stereocenters. The normalized spacial score (nSPS) is 18.3. The van der Waals surface area contributed by atoms with Crippen LogP contribution in [0.25, 0.3) is 22.0 Å². The molecule has 3 aromatic heterocycles. The molecule has 1 aliphatic heterocycles. The molecule has 0 aliphatic carbocycles. The first-order valence-electron chi connectivity index (χ1n) is 10.0. The number of thiazole rings is 1. The molecular formula is C22H20N6O3S. The number of likely N-dealkylation sites (tertiary alicyclic amines) is 1. The molecule has 1 fully saturated rings. The van der Waals surface area contributed by atoms with Gasteiger partial charge in [-0.05, 0) is 17.7 Å². The van der Waals surface area contributed by atoms with Crippen LogP contribution in [0.3, 0.4) is 0 Å². The lowest BCUT2D eigenvalue weighted by molar-refractivity contribution is -0.143. The molecule has 10 heteroatoms. The number of aromatic nitrogens is 4. The predicted molar refractivity (Wildman–Crippen MR) is 119 cm³/mol. The maximum absolute atomic E-state index is 12.5. The van der Waals surface area contributed by atoms with Crippen LogP contribution in [-0.2, 0) is 16.9 Å². The molecule has 0 radical (unpaired) electrons. The molecular weight excluding hydrogens is 428 g/mol. The lowest BCUT2D eigenvalue weighted by atomic mass is 9.91. The second kappa shape index (κ2) is 8.13. The Kier molecular flexibility index (Phi) is 5.16. The van der Waals surface area contributed by atoms with Crippen LogP contribution in [-0.4, -0.2) is 49.4 Å². The molecule has 2 N–H and O–H groups in total. The van der Waals surface area contributed by atoms with Crippen molar-refractivity contribution in [3.8, 4) is 22.0 Å². The molecule has 0 spiro atoms. The van der Waals surface area contributed by atoms with Crippen molar-refractivity contribution >= 4 is 23.2 Å². The first-order chi connectivity index (χ1) is 15.5. The smallest absolute Gasteiger partial charge is 0.258 e. The van der Waals surface area contributed by atoms with E-state index in [0.717, 1.165) is 10.6 Å². The van der Waals surface area contributed by atoms with E-state index in [1.807, 2.05) is 23.6 Å². The van der Waals surface area contributed by atoms with Crippen LogP contribution in [0.2, 0.25) is 0 Å². The Balaban J connectivity index is 1.38. The average molecular weight is 449 g/mol. The second-order valence-electron chi connectivity index (χ2n) is 7.50. The number of benzene rings is 1. The van der Waals surface area contributed by atoms with Gasteiger partial charge in [0.25, 0.3) is 5.91 Å². The summed E-state index contributed by atoms with van der Waals surface area (Å²) in [6, 6.07) is 9.17. The highest BCUT2D eigenvalue weighted by Crippen LogP contribution is 2.36. The van der Waals surface area contributed by atoms with E-state index in [2.05, 4.69) is 20.3 Å². The van der Waals surface area contributed by atoms with Gasteiger partial charge in [0.2, 0.25) is 11.8 Å². The van der Waals surface area contributed by atoms with Crippen molar-refractivity contribution in [2.24, 2.45) is 0 Å². The molecule has 5 rings (SSSR count). The van der Waals surface area contributed by atoms with Gasteiger partial charge in [-0.25, -0.2) is 19.9 Å². The molecule has 1 aliphatic rings. The molecule has 1 atom stereocenters. The van der Waals surface area contributed by atoms with Crippen molar-refractivity contribution in [2.75, 3.05) is 18.9 Å². The molecule has 162 valence electrons. The summed E-state index contributed by atoms with van der Waals surface area (Å²) < 4.78 is 5.21. The van der Waals surface area contributed by atoms with E-state index < -0.39 is 5.60 Å². The lowest BCUT2D eigenvalue weighted by Gasteiger charge is -2.21. The maximum Gasteiger partial charge on any atom is 0.258 e. The summed E-state index contributed by atoms with van der Waals surface area (Å²) in [7, 11) is 1.70.